The Morgan fingerprint density at radius 3 is 3.00 bits per heavy atom. The first-order chi connectivity index (χ1) is 8.63. The van der Waals surface area contributed by atoms with Crippen molar-refractivity contribution in [3.63, 3.8) is 0 Å². The van der Waals surface area contributed by atoms with E-state index in [4.69, 9.17) is 10.5 Å². The molecule has 1 unspecified atom stereocenters. The first kappa shape index (κ1) is 12.9. The minimum Gasteiger partial charge on any atom is -0.396 e. The summed E-state index contributed by atoms with van der Waals surface area (Å²) >= 11 is 0. The summed E-state index contributed by atoms with van der Waals surface area (Å²) in [5, 5.41) is 4.01. The molecule has 2 rings (SSSR count). The molecule has 2 N–H and O–H groups in total. The Kier molecular flexibility index (Phi) is 3.86. The molecule has 6 nitrogen and oxygen atoms in total. The lowest BCUT2D eigenvalue weighted by Gasteiger charge is -2.23. The molecule has 0 spiro atoms. The van der Waals surface area contributed by atoms with E-state index in [2.05, 4.69) is 5.10 Å². The Bertz CT molecular complexity index is 404. The van der Waals surface area contributed by atoms with Gasteiger partial charge in [-0.05, 0) is 13.3 Å². The van der Waals surface area contributed by atoms with E-state index in [0.29, 0.717) is 23.8 Å². The van der Waals surface area contributed by atoms with E-state index in [1.54, 1.807) is 7.05 Å². The Balaban J connectivity index is 2.09. The molecule has 0 radical (unpaired) electrons. The smallest absolute Gasteiger partial charge is 0.274 e. The van der Waals surface area contributed by atoms with E-state index in [1.165, 1.54) is 10.9 Å². The van der Waals surface area contributed by atoms with Crippen LogP contribution in [0.4, 0.5) is 5.69 Å². The first-order valence-corrected chi connectivity index (χ1v) is 6.28. The summed E-state index contributed by atoms with van der Waals surface area (Å²) in [5.41, 5.74) is 6.69. The van der Waals surface area contributed by atoms with Crippen molar-refractivity contribution in [1.82, 2.24) is 14.7 Å². The van der Waals surface area contributed by atoms with E-state index in [1.807, 2.05) is 11.8 Å². The van der Waals surface area contributed by atoms with Gasteiger partial charge in [-0.2, -0.15) is 5.10 Å². The maximum absolute atomic E-state index is 12.4. The second kappa shape index (κ2) is 5.39. The third-order valence-electron chi connectivity index (χ3n) is 3.34. The van der Waals surface area contributed by atoms with Crippen molar-refractivity contribution in [3.8, 4) is 0 Å². The second-order valence-electron chi connectivity index (χ2n) is 4.65. The largest absolute Gasteiger partial charge is 0.396 e. The molecule has 1 aliphatic heterocycles. The van der Waals surface area contributed by atoms with Gasteiger partial charge in [0.1, 0.15) is 5.69 Å². The van der Waals surface area contributed by atoms with Crippen LogP contribution in [0.5, 0.6) is 0 Å². The Labute approximate surface area is 107 Å². The van der Waals surface area contributed by atoms with Gasteiger partial charge in [0.05, 0.1) is 18.5 Å². The average Bonchev–Trinajstić information content (AvgIpc) is 2.96. The number of hydrogen-bond donors (Lipinski definition) is 1. The number of nitrogens with two attached hydrogens (primary N) is 1. The fourth-order valence-corrected chi connectivity index (χ4v) is 2.26. The van der Waals surface area contributed by atoms with E-state index in [0.717, 1.165) is 26.2 Å². The van der Waals surface area contributed by atoms with Gasteiger partial charge in [0, 0.05) is 32.7 Å². The molecule has 18 heavy (non-hydrogen) atoms. The summed E-state index contributed by atoms with van der Waals surface area (Å²) in [6, 6.07) is 0. The molecule has 0 aromatic carbocycles. The molecule has 0 bridgehead atoms. The molecule has 1 fully saturated rings. The van der Waals surface area contributed by atoms with Gasteiger partial charge in [0.2, 0.25) is 0 Å². The van der Waals surface area contributed by atoms with Gasteiger partial charge < -0.3 is 15.4 Å². The third kappa shape index (κ3) is 2.48. The van der Waals surface area contributed by atoms with Gasteiger partial charge in [0.15, 0.2) is 0 Å². The van der Waals surface area contributed by atoms with Crippen molar-refractivity contribution in [1.29, 1.82) is 0 Å². The lowest BCUT2D eigenvalue weighted by atomic mass is 10.1. The molecular formula is C12H20N4O2. The van der Waals surface area contributed by atoms with Crippen LogP contribution < -0.4 is 5.73 Å². The summed E-state index contributed by atoms with van der Waals surface area (Å²) in [7, 11) is 1.73. The zero-order valence-electron chi connectivity index (χ0n) is 10.9. The van der Waals surface area contributed by atoms with Crippen LogP contribution in [0.2, 0.25) is 0 Å². The predicted octanol–water partition coefficient (Wildman–Crippen LogP) is 0.501. The highest BCUT2D eigenvalue weighted by Gasteiger charge is 2.25. The van der Waals surface area contributed by atoms with Gasteiger partial charge in [-0.15, -0.1) is 0 Å². The fourth-order valence-electron chi connectivity index (χ4n) is 2.26. The highest BCUT2D eigenvalue weighted by Crippen LogP contribution is 2.17. The number of ether oxygens (including phenoxy) is 1. The number of hydrogen-bond acceptors (Lipinski definition) is 4. The summed E-state index contributed by atoms with van der Waals surface area (Å²) in [6.07, 6.45) is 2.53. The number of aromatic nitrogens is 2. The van der Waals surface area contributed by atoms with Crippen molar-refractivity contribution in [2.75, 3.05) is 32.0 Å². The van der Waals surface area contributed by atoms with E-state index < -0.39 is 0 Å². The van der Waals surface area contributed by atoms with Crippen molar-refractivity contribution >= 4 is 11.6 Å². The van der Waals surface area contributed by atoms with Gasteiger partial charge in [-0.3, -0.25) is 9.48 Å². The fraction of sp³-hybridized carbons (Fsp3) is 0.667. The summed E-state index contributed by atoms with van der Waals surface area (Å²) in [6.45, 7) is 4.90. The van der Waals surface area contributed by atoms with E-state index in [-0.39, 0.29) is 5.91 Å². The normalized spacial score (nSPS) is 19.1. The number of rotatable bonds is 4. The van der Waals surface area contributed by atoms with Crippen molar-refractivity contribution < 1.29 is 9.53 Å². The lowest BCUT2D eigenvalue weighted by molar-refractivity contribution is 0.0721. The van der Waals surface area contributed by atoms with Crippen LogP contribution in [-0.4, -0.2) is 46.9 Å². The summed E-state index contributed by atoms with van der Waals surface area (Å²) < 4.78 is 6.87. The van der Waals surface area contributed by atoms with Crippen LogP contribution in [0, 0.1) is 5.92 Å². The molecule has 1 atom stereocenters. The monoisotopic (exact) mass is 252 g/mol. The number of aryl methyl sites for hydroxylation is 1. The van der Waals surface area contributed by atoms with E-state index >= 15 is 0 Å². The van der Waals surface area contributed by atoms with Crippen LogP contribution in [0.25, 0.3) is 0 Å². The molecule has 1 amide bonds. The second-order valence-corrected chi connectivity index (χ2v) is 4.65. The number of amides is 1. The summed E-state index contributed by atoms with van der Waals surface area (Å²) in [4.78, 5) is 14.2. The Hall–Kier alpha value is -1.56. The van der Waals surface area contributed by atoms with Crippen LogP contribution in [-0.2, 0) is 11.8 Å². The van der Waals surface area contributed by atoms with Gasteiger partial charge in [-0.25, -0.2) is 0 Å². The maximum Gasteiger partial charge on any atom is 0.274 e. The quantitative estimate of drug-likeness (QED) is 0.847. The molecule has 1 aromatic rings. The number of nitrogen functional groups attached to an aromatic ring is 1. The first-order valence-electron chi connectivity index (χ1n) is 6.28. The molecular weight excluding hydrogens is 232 g/mol. The highest BCUT2D eigenvalue weighted by atomic mass is 16.5. The molecule has 100 valence electrons. The Morgan fingerprint density at radius 2 is 2.50 bits per heavy atom. The number of nitrogens with zero attached hydrogens (tertiary/aromatic N) is 3. The summed E-state index contributed by atoms with van der Waals surface area (Å²) in [5.74, 6) is 0.380. The zero-order valence-corrected chi connectivity index (χ0v) is 10.9. The molecule has 0 saturated carbocycles. The molecule has 1 aromatic heterocycles. The minimum absolute atomic E-state index is 0.0538. The van der Waals surface area contributed by atoms with Gasteiger partial charge in [-0.1, -0.05) is 0 Å². The van der Waals surface area contributed by atoms with Crippen LogP contribution in [0.1, 0.15) is 23.8 Å². The van der Waals surface area contributed by atoms with E-state index in [9.17, 15) is 4.79 Å². The molecule has 6 heteroatoms. The lowest BCUT2D eigenvalue weighted by Crippen LogP contribution is -2.36. The molecule has 0 aliphatic carbocycles. The number of carbonyl (C=O) groups is 1. The SMILES string of the molecule is CCN(CC1CCOC1)C(=O)c1c(N)cnn1C. The van der Waals surface area contributed by atoms with Gasteiger partial charge >= 0.3 is 0 Å². The third-order valence-corrected chi connectivity index (χ3v) is 3.34. The molecule has 1 saturated heterocycles. The Morgan fingerprint density at radius 1 is 1.72 bits per heavy atom. The van der Waals surface area contributed by atoms with Crippen LogP contribution in [0.15, 0.2) is 6.20 Å². The molecule has 1 aliphatic rings. The van der Waals surface area contributed by atoms with Crippen molar-refractivity contribution in [2.45, 2.75) is 13.3 Å². The van der Waals surface area contributed by atoms with Crippen LogP contribution >= 0.6 is 0 Å². The maximum atomic E-state index is 12.4. The highest BCUT2D eigenvalue weighted by molar-refractivity contribution is 5.97. The van der Waals surface area contributed by atoms with Crippen molar-refractivity contribution in [3.05, 3.63) is 11.9 Å². The van der Waals surface area contributed by atoms with Crippen molar-refractivity contribution in [2.24, 2.45) is 13.0 Å². The standard InChI is InChI=1S/C12H20N4O2/c1-3-16(7-9-4-5-18-8-9)12(17)11-10(13)6-14-15(11)2/h6,9H,3-5,7-8,13H2,1-2H3. The zero-order chi connectivity index (χ0) is 13.1. The average molecular weight is 252 g/mol. The van der Waals surface area contributed by atoms with Crippen LogP contribution in [0.3, 0.4) is 0 Å². The van der Waals surface area contributed by atoms with Gasteiger partial charge in [0.25, 0.3) is 5.91 Å². The number of anilines is 1. The molecule has 2 heterocycles. The topological polar surface area (TPSA) is 73.4 Å². The number of carbonyl (C=O) groups excluding carboxylic acids is 1. The minimum atomic E-state index is -0.0538. The predicted molar refractivity (Wildman–Crippen MR) is 68.1 cm³/mol.